The SMILES string of the molecule is CCOc1ccc(Br)cc1CNC1C2CC3CC(C2)CC1C3.Cl. The molecule has 23 heavy (non-hydrogen) atoms. The minimum absolute atomic E-state index is 0. The molecule has 1 N–H and O–H groups in total. The normalized spacial score (nSPS) is 34.3. The van der Waals surface area contributed by atoms with Crippen molar-refractivity contribution in [3.8, 4) is 5.75 Å². The zero-order chi connectivity index (χ0) is 15.1. The molecule has 4 bridgehead atoms. The maximum absolute atomic E-state index is 5.79. The number of ether oxygens (including phenoxy) is 1. The molecule has 4 fully saturated rings. The molecule has 4 aliphatic carbocycles. The van der Waals surface area contributed by atoms with Gasteiger partial charge in [-0.15, -0.1) is 12.4 Å². The van der Waals surface area contributed by atoms with Crippen LogP contribution in [0.15, 0.2) is 22.7 Å². The van der Waals surface area contributed by atoms with Gasteiger partial charge in [0.1, 0.15) is 5.75 Å². The highest BCUT2D eigenvalue weighted by Gasteiger charge is 2.47. The van der Waals surface area contributed by atoms with Crippen LogP contribution in [0.4, 0.5) is 0 Å². The van der Waals surface area contributed by atoms with Crippen molar-refractivity contribution in [3.05, 3.63) is 28.2 Å². The Labute approximate surface area is 154 Å². The van der Waals surface area contributed by atoms with E-state index in [2.05, 4.69) is 46.4 Å². The lowest BCUT2D eigenvalue weighted by Gasteiger charge is -2.54. The minimum atomic E-state index is 0. The van der Waals surface area contributed by atoms with E-state index in [4.69, 9.17) is 4.74 Å². The van der Waals surface area contributed by atoms with Crippen molar-refractivity contribution in [2.45, 2.75) is 51.6 Å². The summed E-state index contributed by atoms with van der Waals surface area (Å²) < 4.78 is 6.93. The van der Waals surface area contributed by atoms with Crippen LogP contribution < -0.4 is 10.1 Å². The van der Waals surface area contributed by atoms with Crippen LogP contribution >= 0.6 is 28.3 Å². The summed E-state index contributed by atoms with van der Waals surface area (Å²) in [5.74, 6) is 4.98. The highest BCUT2D eigenvalue weighted by molar-refractivity contribution is 9.10. The molecule has 0 aromatic heterocycles. The summed E-state index contributed by atoms with van der Waals surface area (Å²) in [6.07, 6.45) is 7.42. The van der Waals surface area contributed by atoms with Gasteiger partial charge in [-0.1, -0.05) is 15.9 Å². The van der Waals surface area contributed by atoms with Crippen LogP contribution in [0.1, 0.15) is 44.6 Å². The van der Waals surface area contributed by atoms with E-state index in [0.29, 0.717) is 0 Å². The molecule has 0 aliphatic heterocycles. The second-order valence-electron chi connectivity index (χ2n) is 7.52. The third-order valence-corrected chi connectivity index (χ3v) is 6.57. The van der Waals surface area contributed by atoms with Gasteiger partial charge in [-0.3, -0.25) is 0 Å². The molecule has 0 amide bonds. The van der Waals surface area contributed by atoms with Gasteiger partial charge in [-0.25, -0.2) is 0 Å². The molecule has 1 aromatic carbocycles. The zero-order valence-corrected chi connectivity index (χ0v) is 16.2. The Bertz CT molecular complexity index is 522. The van der Waals surface area contributed by atoms with Crippen LogP contribution in [-0.4, -0.2) is 12.6 Å². The first-order chi connectivity index (χ1) is 10.7. The molecule has 0 radical (unpaired) electrons. The van der Waals surface area contributed by atoms with Gasteiger partial charge in [-0.05, 0) is 80.9 Å². The zero-order valence-electron chi connectivity index (χ0n) is 13.8. The fourth-order valence-corrected chi connectivity index (χ4v) is 5.88. The van der Waals surface area contributed by atoms with Crippen LogP contribution in [0.25, 0.3) is 0 Å². The highest BCUT2D eigenvalue weighted by atomic mass is 79.9. The van der Waals surface area contributed by atoms with Crippen LogP contribution in [0, 0.1) is 23.7 Å². The van der Waals surface area contributed by atoms with Crippen LogP contribution in [0.2, 0.25) is 0 Å². The molecular formula is C19H27BrClNO. The van der Waals surface area contributed by atoms with Gasteiger partial charge < -0.3 is 10.1 Å². The van der Waals surface area contributed by atoms with E-state index < -0.39 is 0 Å². The first kappa shape index (κ1) is 17.6. The quantitative estimate of drug-likeness (QED) is 0.735. The predicted molar refractivity (Wildman–Crippen MR) is 100 cm³/mol. The summed E-state index contributed by atoms with van der Waals surface area (Å²) in [4.78, 5) is 0. The van der Waals surface area contributed by atoms with E-state index in [-0.39, 0.29) is 12.4 Å². The van der Waals surface area contributed by atoms with Gasteiger partial charge in [0.05, 0.1) is 6.61 Å². The van der Waals surface area contributed by atoms with Crippen molar-refractivity contribution in [1.29, 1.82) is 0 Å². The summed E-state index contributed by atoms with van der Waals surface area (Å²) >= 11 is 3.59. The summed E-state index contributed by atoms with van der Waals surface area (Å²) in [5.41, 5.74) is 1.28. The second kappa shape index (κ2) is 7.33. The molecule has 128 valence electrons. The lowest BCUT2D eigenvalue weighted by atomic mass is 9.54. The van der Waals surface area contributed by atoms with Gasteiger partial charge in [-0.2, -0.15) is 0 Å². The van der Waals surface area contributed by atoms with Gasteiger partial charge in [0.25, 0.3) is 0 Å². The van der Waals surface area contributed by atoms with E-state index in [9.17, 15) is 0 Å². The molecule has 0 saturated heterocycles. The molecule has 5 rings (SSSR count). The predicted octanol–water partition coefficient (Wildman–Crippen LogP) is 5.18. The van der Waals surface area contributed by atoms with Gasteiger partial charge >= 0.3 is 0 Å². The topological polar surface area (TPSA) is 21.3 Å². The molecule has 0 heterocycles. The fraction of sp³-hybridized carbons (Fsp3) is 0.684. The van der Waals surface area contributed by atoms with Gasteiger partial charge in [0.15, 0.2) is 0 Å². The third kappa shape index (κ3) is 3.57. The van der Waals surface area contributed by atoms with E-state index in [0.717, 1.165) is 53.1 Å². The van der Waals surface area contributed by atoms with E-state index in [1.54, 1.807) is 0 Å². The number of nitrogens with one attached hydrogen (secondary N) is 1. The molecule has 0 spiro atoms. The molecule has 0 unspecified atom stereocenters. The standard InChI is InChI=1S/C19H26BrNO.ClH/c1-2-22-18-4-3-17(20)10-16(18)11-21-19-14-6-12-5-13(8-14)9-15(19)7-12;/h3-4,10,12-15,19,21H,2,5-9,11H2,1H3;1H. The number of halogens is 2. The monoisotopic (exact) mass is 399 g/mol. The van der Waals surface area contributed by atoms with Crippen molar-refractivity contribution < 1.29 is 4.74 Å². The Morgan fingerprint density at radius 3 is 2.35 bits per heavy atom. The van der Waals surface area contributed by atoms with Crippen LogP contribution in [-0.2, 0) is 6.54 Å². The van der Waals surface area contributed by atoms with E-state index in [1.165, 1.54) is 37.7 Å². The summed E-state index contributed by atoms with van der Waals surface area (Å²) in [6, 6.07) is 7.09. The number of benzene rings is 1. The van der Waals surface area contributed by atoms with E-state index >= 15 is 0 Å². The maximum Gasteiger partial charge on any atom is 0.123 e. The Kier molecular flexibility index (Phi) is 5.60. The third-order valence-electron chi connectivity index (χ3n) is 6.08. The summed E-state index contributed by atoms with van der Waals surface area (Å²) in [6.45, 7) is 3.71. The van der Waals surface area contributed by atoms with Crippen molar-refractivity contribution in [3.63, 3.8) is 0 Å². The smallest absolute Gasteiger partial charge is 0.123 e. The molecule has 4 aliphatic rings. The van der Waals surface area contributed by atoms with E-state index in [1.807, 2.05) is 0 Å². The van der Waals surface area contributed by atoms with Crippen molar-refractivity contribution >= 4 is 28.3 Å². The maximum atomic E-state index is 5.79. The Hall–Kier alpha value is -0.250. The largest absolute Gasteiger partial charge is 0.494 e. The lowest BCUT2D eigenvalue weighted by Crippen LogP contribution is -2.54. The average molecular weight is 401 g/mol. The number of rotatable bonds is 5. The van der Waals surface area contributed by atoms with Gasteiger partial charge in [0, 0.05) is 22.6 Å². The number of hydrogen-bond donors (Lipinski definition) is 1. The molecule has 4 heteroatoms. The second-order valence-corrected chi connectivity index (χ2v) is 8.44. The van der Waals surface area contributed by atoms with Crippen LogP contribution in [0.3, 0.4) is 0 Å². The molecular weight excluding hydrogens is 374 g/mol. The van der Waals surface area contributed by atoms with Crippen molar-refractivity contribution in [2.75, 3.05) is 6.61 Å². The molecule has 0 atom stereocenters. The Morgan fingerprint density at radius 1 is 1.09 bits per heavy atom. The lowest BCUT2D eigenvalue weighted by molar-refractivity contribution is -0.0143. The van der Waals surface area contributed by atoms with Crippen molar-refractivity contribution in [1.82, 2.24) is 5.32 Å². The average Bonchev–Trinajstić information content (AvgIpc) is 2.48. The number of hydrogen-bond acceptors (Lipinski definition) is 2. The summed E-state index contributed by atoms with van der Waals surface area (Å²) in [7, 11) is 0. The van der Waals surface area contributed by atoms with Gasteiger partial charge in [0.2, 0.25) is 0 Å². The Morgan fingerprint density at radius 2 is 1.74 bits per heavy atom. The first-order valence-corrected chi connectivity index (χ1v) is 9.66. The highest BCUT2D eigenvalue weighted by Crippen LogP contribution is 2.53. The summed E-state index contributed by atoms with van der Waals surface area (Å²) in [5, 5.41) is 3.91. The van der Waals surface area contributed by atoms with Crippen molar-refractivity contribution in [2.24, 2.45) is 23.7 Å². The fourth-order valence-electron chi connectivity index (χ4n) is 5.47. The molecule has 1 aromatic rings. The Balaban J connectivity index is 0.00000156. The first-order valence-electron chi connectivity index (χ1n) is 8.87. The minimum Gasteiger partial charge on any atom is -0.494 e. The molecule has 4 saturated carbocycles. The molecule has 2 nitrogen and oxygen atoms in total. The van der Waals surface area contributed by atoms with Crippen LogP contribution in [0.5, 0.6) is 5.75 Å².